The molecule has 1 aliphatic rings. The molecule has 1 unspecified atom stereocenters. The van der Waals surface area contributed by atoms with E-state index in [2.05, 4.69) is 36.3 Å². The van der Waals surface area contributed by atoms with Crippen molar-refractivity contribution >= 4 is 28.1 Å². The van der Waals surface area contributed by atoms with E-state index in [0.717, 1.165) is 39.8 Å². The molecule has 21 heavy (non-hydrogen) atoms. The van der Waals surface area contributed by atoms with Gasteiger partial charge in [-0.1, -0.05) is 17.7 Å². The topological polar surface area (TPSA) is 62.2 Å². The molecule has 0 bridgehead atoms. The van der Waals surface area contributed by atoms with E-state index in [-0.39, 0.29) is 0 Å². The molecule has 2 N–H and O–H groups in total. The summed E-state index contributed by atoms with van der Waals surface area (Å²) in [5, 5.41) is 13.4. The Morgan fingerprint density at radius 3 is 2.95 bits per heavy atom. The fourth-order valence-electron chi connectivity index (χ4n) is 2.78. The van der Waals surface area contributed by atoms with Crippen LogP contribution in [0, 0.1) is 13.8 Å². The number of aromatic nitrogens is 1. The summed E-state index contributed by atoms with van der Waals surface area (Å²) in [6.07, 6.45) is 2.55. The molecule has 0 radical (unpaired) electrons. The third-order valence-electron chi connectivity index (χ3n) is 3.88. The molecule has 0 amide bonds. The monoisotopic (exact) mass is 302 g/mol. The molecule has 5 heteroatoms. The van der Waals surface area contributed by atoms with E-state index < -0.39 is 11.9 Å². The van der Waals surface area contributed by atoms with Crippen LogP contribution in [0.25, 0.3) is 0 Å². The number of hydrogen-bond acceptors (Lipinski definition) is 4. The van der Waals surface area contributed by atoms with Gasteiger partial charge >= 0.3 is 5.97 Å². The van der Waals surface area contributed by atoms with Crippen LogP contribution in [0.15, 0.2) is 18.2 Å². The summed E-state index contributed by atoms with van der Waals surface area (Å²) in [5.74, 6) is -1.21. The molecule has 4 nitrogen and oxygen atoms in total. The van der Waals surface area contributed by atoms with Gasteiger partial charge < -0.3 is 10.4 Å². The van der Waals surface area contributed by atoms with Gasteiger partial charge in [0.15, 0.2) is 5.13 Å². The molecule has 3 rings (SSSR count). The van der Waals surface area contributed by atoms with Crippen molar-refractivity contribution in [3.63, 3.8) is 0 Å². The zero-order chi connectivity index (χ0) is 15.0. The Kier molecular flexibility index (Phi) is 3.68. The van der Waals surface area contributed by atoms with Crippen LogP contribution in [0.1, 0.15) is 40.5 Å². The number of benzene rings is 1. The Morgan fingerprint density at radius 2 is 2.24 bits per heavy atom. The summed E-state index contributed by atoms with van der Waals surface area (Å²) in [4.78, 5) is 17.0. The van der Waals surface area contributed by atoms with Crippen LogP contribution >= 0.6 is 11.3 Å². The first-order chi connectivity index (χ1) is 10.0. The molecule has 1 aromatic carbocycles. The number of fused-ring (bicyclic) bond motifs is 1. The van der Waals surface area contributed by atoms with Crippen LogP contribution in [-0.4, -0.2) is 16.1 Å². The first kappa shape index (κ1) is 14.1. The van der Waals surface area contributed by atoms with Gasteiger partial charge in [0, 0.05) is 10.6 Å². The Hall–Kier alpha value is -1.88. The van der Waals surface area contributed by atoms with E-state index >= 15 is 0 Å². The summed E-state index contributed by atoms with van der Waals surface area (Å²) in [5.41, 5.74) is 4.17. The van der Waals surface area contributed by atoms with Crippen LogP contribution in [0.4, 0.5) is 10.8 Å². The maximum absolute atomic E-state index is 11.3. The molecule has 0 saturated heterocycles. The zero-order valence-corrected chi connectivity index (χ0v) is 13.0. The second kappa shape index (κ2) is 5.48. The smallest absolute Gasteiger partial charge is 0.312 e. The molecule has 1 atom stereocenters. The lowest BCUT2D eigenvalue weighted by Crippen LogP contribution is -2.17. The van der Waals surface area contributed by atoms with E-state index in [4.69, 9.17) is 0 Å². The van der Waals surface area contributed by atoms with E-state index in [1.807, 2.05) is 6.07 Å². The summed E-state index contributed by atoms with van der Waals surface area (Å²) in [6.45, 7) is 4.12. The largest absolute Gasteiger partial charge is 0.481 e. The lowest BCUT2D eigenvalue weighted by atomic mass is 9.91. The average molecular weight is 302 g/mol. The number of aryl methyl sites for hydroxylation is 3. The molecule has 1 aromatic heterocycles. The predicted octanol–water partition coefficient (Wildman–Crippen LogP) is 4.01. The first-order valence-corrected chi connectivity index (χ1v) is 7.93. The minimum Gasteiger partial charge on any atom is -0.481 e. The maximum atomic E-state index is 11.3. The fourth-order valence-corrected chi connectivity index (χ4v) is 3.86. The summed E-state index contributed by atoms with van der Waals surface area (Å²) >= 11 is 1.58. The van der Waals surface area contributed by atoms with Crippen LogP contribution in [0.2, 0.25) is 0 Å². The third kappa shape index (κ3) is 2.78. The number of nitrogens with one attached hydrogen (secondary N) is 1. The molecule has 1 aliphatic carbocycles. The first-order valence-electron chi connectivity index (χ1n) is 7.11. The fraction of sp³-hybridized carbons (Fsp3) is 0.375. The molecule has 0 aliphatic heterocycles. The van der Waals surface area contributed by atoms with Crippen molar-refractivity contribution in [2.45, 2.75) is 39.0 Å². The van der Waals surface area contributed by atoms with Crippen LogP contribution in [0.3, 0.4) is 0 Å². The van der Waals surface area contributed by atoms with Crippen molar-refractivity contribution in [1.29, 1.82) is 0 Å². The van der Waals surface area contributed by atoms with Gasteiger partial charge in [-0.25, -0.2) is 4.98 Å². The molecule has 2 aromatic rings. The quantitative estimate of drug-likeness (QED) is 0.899. The number of nitrogens with zero attached hydrogens (tertiary/aromatic N) is 1. The number of carboxylic acid groups (broad SMARTS) is 1. The molecule has 0 spiro atoms. The van der Waals surface area contributed by atoms with Crippen molar-refractivity contribution in [2.75, 3.05) is 5.32 Å². The third-order valence-corrected chi connectivity index (χ3v) is 4.92. The molecule has 110 valence electrons. The van der Waals surface area contributed by atoms with Crippen molar-refractivity contribution in [3.8, 4) is 0 Å². The minimum absolute atomic E-state index is 0.445. The van der Waals surface area contributed by atoms with Crippen molar-refractivity contribution in [3.05, 3.63) is 39.9 Å². The van der Waals surface area contributed by atoms with Crippen molar-refractivity contribution in [1.82, 2.24) is 4.98 Å². The lowest BCUT2D eigenvalue weighted by Gasteiger charge is -2.16. The van der Waals surface area contributed by atoms with Gasteiger partial charge in [-0.2, -0.15) is 0 Å². The molecule has 1 heterocycles. The Balaban J connectivity index is 1.89. The Labute approximate surface area is 127 Å². The molecular formula is C16H18N2O2S. The van der Waals surface area contributed by atoms with Gasteiger partial charge in [-0.3, -0.25) is 4.79 Å². The van der Waals surface area contributed by atoms with Gasteiger partial charge in [-0.15, -0.1) is 11.3 Å². The number of rotatable bonds is 3. The lowest BCUT2D eigenvalue weighted by molar-refractivity contribution is -0.139. The predicted molar refractivity (Wildman–Crippen MR) is 84.6 cm³/mol. The van der Waals surface area contributed by atoms with E-state index in [0.29, 0.717) is 6.42 Å². The standard InChI is InChI=1S/C16H18N2O2S/c1-9-6-7-12(10(2)8-9)17-16-18-14-11(15(19)20)4-3-5-13(14)21-16/h6-8,11H,3-5H2,1-2H3,(H,17,18)(H,19,20). The number of anilines is 2. The highest BCUT2D eigenvalue weighted by Gasteiger charge is 2.30. The summed E-state index contributed by atoms with van der Waals surface area (Å²) in [7, 11) is 0. The highest BCUT2D eigenvalue weighted by Crippen LogP contribution is 2.37. The van der Waals surface area contributed by atoms with Gasteiger partial charge in [0.05, 0.1) is 5.69 Å². The van der Waals surface area contributed by atoms with E-state index in [1.165, 1.54) is 5.56 Å². The average Bonchev–Trinajstić information content (AvgIpc) is 2.83. The Bertz CT molecular complexity index is 694. The normalized spacial score (nSPS) is 17.3. The highest BCUT2D eigenvalue weighted by atomic mass is 32.1. The number of aliphatic carboxylic acids is 1. The number of carbonyl (C=O) groups is 1. The van der Waals surface area contributed by atoms with Crippen LogP contribution in [-0.2, 0) is 11.2 Å². The second-order valence-corrected chi connectivity index (χ2v) is 6.64. The van der Waals surface area contributed by atoms with E-state index in [1.54, 1.807) is 11.3 Å². The Morgan fingerprint density at radius 1 is 1.43 bits per heavy atom. The highest BCUT2D eigenvalue weighted by molar-refractivity contribution is 7.15. The second-order valence-electron chi connectivity index (χ2n) is 5.55. The number of thiazole rings is 1. The van der Waals surface area contributed by atoms with E-state index in [9.17, 15) is 9.90 Å². The zero-order valence-electron chi connectivity index (χ0n) is 12.1. The van der Waals surface area contributed by atoms with Crippen molar-refractivity contribution in [2.24, 2.45) is 0 Å². The molecular weight excluding hydrogens is 284 g/mol. The van der Waals surface area contributed by atoms with Crippen LogP contribution in [0.5, 0.6) is 0 Å². The number of hydrogen-bond donors (Lipinski definition) is 2. The summed E-state index contributed by atoms with van der Waals surface area (Å²) in [6, 6.07) is 6.22. The maximum Gasteiger partial charge on any atom is 0.312 e. The summed E-state index contributed by atoms with van der Waals surface area (Å²) < 4.78 is 0. The molecule has 0 saturated carbocycles. The van der Waals surface area contributed by atoms with Gasteiger partial charge in [0.1, 0.15) is 5.92 Å². The minimum atomic E-state index is -0.765. The molecule has 0 fully saturated rings. The number of carboxylic acids is 1. The van der Waals surface area contributed by atoms with Crippen LogP contribution < -0.4 is 5.32 Å². The van der Waals surface area contributed by atoms with Gasteiger partial charge in [0.25, 0.3) is 0 Å². The van der Waals surface area contributed by atoms with Gasteiger partial charge in [-0.05, 0) is 44.7 Å². The van der Waals surface area contributed by atoms with Gasteiger partial charge in [0.2, 0.25) is 0 Å². The SMILES string of the molecule is Cc1ccc(Nc2nc3c(s2)CCCC3C(=O)O)c(C)c1. The van der Waals surface area contributed by atoms with Crippen molar-refractivity contribution < 1.29 is 9.90 Å².